The standard InChI is InChI=1S/C25H38N4O5/c1-16(2)24(31)27-17-7-10-21-19(13-17)25(32)29(5)20-9-8-18(34-22(20)15-33-21)14-23(30)26-11-6-12-28(3)4/h7,10,13,16,18,20,22H,6,8-9,11-12,14-15H2,1-5H3,(H,26,30)(H,27,31)/t18-,20-,22-/m1/s1. The van der Waals surface area contributed by atoms with Gasteiger partial charge >= 0.3 is 0 Å². The van der Waals surface area contributed by atoms with Crippen molar-refractivity contribution < 1.29 is 23.9 Å². The fourth-order valence-electron chi connectivity index (χ4n) is 4.29. The highest BCUT2D eigenvalue weighted by molar-refractivity contribution is 6.00. The molecule has 0 saturated carbocycles. The Labute approximate surface area is 202 Å². The lowest BCUT2D eigenvalue weighted by Crippen LogP contribution is -2.54. The minimum atomic E-state index is -0.317. The van der Waals surface area contributed by atoms with E-state index in [1.54, 1.807) is 30.1 Å². The van der Waals surface area contributed by atoms with E-state index < -0.39 is 0 Å². The Morgan fingerprint density at radius 3 is 2.71 bits per heavy atom. The molecule has 1 saturated heterocycles. The average molecular weight is 475 g/mol. The molecule has 0 aromatic heterocycles. The van der Waals surface area contributed by atoms with E-state index in [9.17, 15) is 14.4 Å². The predicted octanol–water partition coefficient (Wildman–Crippen LogP) is 2.12. The minimum absolute atomic E-state index is 0.0141. The van der Waals surface area contributed by atoms with Gasteiger partial charge in [-0.05, 0) is 58.1 Å². The second kappa shape index (κ2) is 11.7. The molecule has 0 aliphatic carbocycles. The van der Waals surface area contributed by atoms with Gasteiger partial charge in [0.25, 0.3) is 5.91 Å². The first-order chi connectivity index (χ1) is 16.2. The number of nitrogens with one attached hydrogen (secondary N) is 2. The molecule has 9 heteroatoms. The Morgan fingerprint density at radius 1 is 1.24 bits per heavy atom. The van der Waals surface area contributed by atoms with Gasteiger partial charge < -0.3 is 29.9 Å². The van der Waals surface area contributed by atoms with Gasteiger partial charge in [0.1, 0.15) is 18.5 Å². The van der Waals surface area contributed by atoms with E-state index in [0.717, 1.165) is 19.4 Å². The average Bonchev–Trinajstić information content (AvgIpc) is 2.79. The van der Waals surface area contributed by atoms with Gasteiger partial charge in [0.15, 0.2) is 0 Å². The number of hydrogen-bond donors (Lipinski definition) is 2. The van der Waals surface area contributed by atoms with Crippen LogP contribution in [0.1, 0.15) is 49.9 Å². The molecule has 0 radical (unpaired) electrons. The van der Waals surface area contributed by atoms with Crippen molar-refractivity contribution in [1.82, 2.24) is 15.1 Å². The molecule has 188 valence electrons. The summed E-state index contributed by atoms with van der Waals surface area (Å²) in [4.78, 5) is 41.5. The van der Waals surface area contributed by atoms with E-state index in [0.29, 0.717) is 36.4 Å². The normalized spacial score (nSPS) is 22.4. The van der Waals surface area contributed by atoms with Crippen molar-refractivity contribution in [3.63, 3.8) is 0 Å². The van der Waals surface area contributed by atoms with E-state index in [2.05, 4.69) is 15.5 Å². The largest absolute Gasteiger partial charge is 0.490 e. The van der Waals surface area contributed by atoms with E-state index >= 15 is 0 Å². The van der Waals surface area contributed by atoms with Crippen LogP contribution in [0, 0.1) is 5.92 Å². The maximum absolute atomic E-state index is 13.3. The zero-order valence-corrected chi connectivity index (χ0v) is 20.9. The molecule has 3 atom stereocenters. The van der Waals surface area contributed by atoms with Crippen LogP contribution in [-0.2, 0) is 14.3 Å². The molecule has 2 N–H and O–H groups in total. The third kappa shape index (κ3) is 6.70. The third-order valence-corrected chi connectivity index (χ3v) is 6.32. The SMILES string of the molecule is CC(C)C(=O)Nc1ccc2c(c1)C(=O)N(C)[C@@H]1CC[C@H](CC(=O)NCCCN(C)C)O[C@@H]1CO2. The summed E-state index contributed by atoms with van der Waals surface area (Å²) in [6.07, 6.45) is 2.11. The van der Waals surface area contributed by atoms with Crippen molar-refractivity contribution >= 4 is 23.4 Å². The molecule has 2 heterocycles. The number of carbonyl (C=O) groups excluding carboxylic acids is 3. The predicted molar refractivity (Wildman–Crippen MR) is 130 cm³/mol. The second-order valence-corrected chi connectivity index (χ2v) is 9.73. The van der Waals surface area contributed by atoms with Gasteiger partial charge in [-0.3, -0.25) is 14.4 Å². The maximum Gasteiger partial charge on any atom is 0.257 e. The minimum Gasteiger partial charge on any atom is -0.490 e. The first-order valence-corrected chi connectivity index (χ1v) is 12.1. The third-order valence-electron chi connectivity index (χ3n) is 6.32. The Kier molecular flexibility index (Phi) is 8.90. The van der Waals surface area contributed by atoms with Gasteiger partial charge in [-0.25, -0.2) is 0 Å². The number of benzene rings is 1. The van der Waals surface area contributed by atoms with Crippen LogP contribution in [0.4, 0.5) is 5.69 Å². The number of ether oxygens (including phenoxy) is 2. The maximum atomic E-state index is 13.3. The number of likely N-dealkylation sites (N-methyl/N-ethyl adjacent to an activating group) is 1. The highest BCUT2D eigenvalue weighted by atomic mass is 16.5. The molecule has 0 spiro atoms. The lowest BCUT2D eigenvalue weighted by atomic mass is 9.94. The summed E-state index contributed by atoms with van der Waals surface area (Å²) in [5.41, 5.74) is 0.984. The quantitative estimate of drug-likeness (QED) is 0.560. The van der Waals surface area contributed by atoms with Crippen molar-refractivity contribution in [2.24, 2.45) is 5.92 Å². The fraction of sp³-hybridized carbons (Fsp3) is 0.640. The highest BCUT2D eigenvalue weighted by Gasteiger charge is 2.39. The Morgan fingerprint density at radius 2 is 2.00 bits per heavy atom. The van der Waals surface area contributed by atoms with Gasteiger partial charge in [-0.1, -0.05) is 13.8 Å². The summed E-state index contributed by atoms with van der Waals surface area (Å²) in [5.74, 6) is -0.00107. The number of rotatable bonds is 8. The smallest absolute Gasteiger partial charge is 0.257 e. The monoisotopic (exact) mass is 474 g/mol. The Balaban J connectivity index is 1.62. The molecule has 0 bridgehead atoms. The summed E-state index contributed by atoms with van der Waals surface area (Å²) in [5, 5.41) is 5.80. The van der Waals surface area contributed by atoms with Gasteiger partial charge in [-0.15, -0.1) is 0 Å². The molecule has 1 aromatic carbocycles. The molecule has 1 fully saturated rings. The zero-order chi connectivity index (χ0) is 24.8. The van der Waals surface area contributed by atoms with Gasteiger partial charge in [0.05, 0.1) is 24.1 Å². The highest BCUT2D eigenvalue weighted by Crippen LogP contribution is 2.32. The van der Waals surface area contributed by atoms with E-state index in [-0.39, 0.29) is 48.5 Å². The van der Waals surface area contributed by atoms with Crippen LogP contribution < -0.4 is 15.4 Å². The number of amides is 3. The molecule has 2 aliphatic heterocycles. The Bertz CT molecular complexity index is 888. The summed E-state index contributed by atoms with van der Waals surface area (Å²) < 4.78 is 12.2. The van der Waals surface area contributed by atoms with Crippen LogP contribution in [0.25, 0.3) is 0 Å². The topological polar surface area (TPSA) is 100 Å². The molecule has 3 amide bonds. The van der Waals surface area contributed by atoms with Crippen molar-refractivity contribution in [3.8, 4) is 5.75 Å². The van der Waals surface area contributed by atoms with Crippen molar-refractivity contribution in [2.45, 2.75) is 57.8 Å². The number of anilines is 1. The summed E-state index contributed by atoms with van der Waals surface area (Å²) in [6.45, 7) is 5.49. The summed E-state index contributed by atoms with van der Waals surface area (Å²) in [7, 11) is 5.79. The lowest BCUT2D eigenvalue weighted by molar-refractivity contribution is -0.134. The molecule has 3 rings (SSSR count). The number of hydrogen-bond acceptors (Lipinski definition) is 6. The molecular formula is C25H38N4O5. The van der Waals surface area contributed by atoms with Crippen LogP contribution >= 0.6 is 0 Å². The van der Waals surface area contributed by atoms with Gasteiger partial charge in [-0.2, -0.15) is 0 Å². The van der Waals surface area contributed by atoms with E-state index in [1.807, 2.05) is 27.9 Å². The first-order valence-electron chi connectivity index (χ1n) is 12.1. The fourth-order valence-corrected chi connectivity index (χ4v) is 4.29. The molecule has 2 aliphatic rings. The molecule has 0 unspecified atom stereocenters. The van der Waals surface area contributed by atoms with Crippen LogP contribution in [0.2, 0.25) is 0 Å². The second-order valence-electron chi connectivity index (χ2n) is 9.73. The molecular weight excluding hydrogens is 436 g/mol. The van der Waals surface area contributed by atoms with Crippen LogP contribution in [0.3, 0.4) is 0 Å². The van der Waals surface area contributed by atoms with Crippen molar-refractivity contribution in [2.75, 3.05) is 46.2 Å². The van der Waals surface area contributed by atoms with Crippen molar-refractivity contribution in [1.29, 1.82) is 0 Å². The number of fused-ring (bicyclic) bond motifs is 2. The van der Waals surface area contributed by atoms with Crippen LogP contribution in [0.15, 0.2) is 18.2 Å². The van der Waals surface area contributed by atoms with E-state index in [4.69, 9.17) is 9.47 Å². The van der Waals surface area contributed by atoms with Crippen LogP contribution in [0.5, 0.6) is 5.75 Å². The lowest BCUT2D eigenvalue weighted by Gasteiger charge is -2.42. The van der Waals surface area contributed by atoms with Crippen molar-refractivity contribution in [3.05, 3.63) is 23.8 Å². The Hall–Kier alpha value is -2.65. The molecule has 1 aromatic rings. The molecule has 34 heavy (non-hydrogen) atoms. The van der Waals surface area contributed by atoms with Gasteiger partial charge in [0, 0.05) is 25.2 Å². The molecule has 9 nitrogen and oxygen atoms in total. The number of carbonyl (C=O) groups is 3. The first kappa shape index (κ1) is 26.0. The summed E-state index contributed by atoms with van der Waals surface area (Å²) >= 11 is 0. The van der Waals surface area contributed by atoms with Gasteiger partial charge in [0.2, 0.25) is 11.8 Å². The zero-order valence-electron chi connectivity index (χ0n) is 20.9. The summed E-state index contributed by atoms with van der Waals surface area (Å²) in [6, 6.07) is 4.96. The van der Waals surface area contributed by atoms with E-state index in [1.165, 1.54) is 0 Å². The van der Waals surface area contributed by atoms with Crippen LogP contribution in [-0.4, -0.2) is 86.6 Å². The number of nitrogens with zero attached hydrogens (tertiary/aromatic N) is 2.